The Labute approximate surface area is 134 Å². The molecule has 5 atom stereocenters. The van der Waals surface area contributed by atoms with Crippen LogP contribution in [0.5, 0.6) is 0 Å². The lowest BCUT2D eigenvalue weighted by Gasteiger charge is -2.41. The molecule has 7 heteroatoms. The van der Waals surface area contributed by atoms with E-state index in [0.29, 0.717) is 5.56 Å². The Kier molecular flexibility index (Phi) is 5.70. The van der Waals surface area contributed by atoms with Gasteiger partial charge in [-0.25, -0.2) is 4.79 Å². The van der Waals surface area contributed by atoms with E-state index in [2.05, 4.69) is 0 Å². The van der Waals surface area contributed by atoms with Gasteiger partial charge in [-0.3, -0.25) is 4.79 Å². The van der Waals surface area contributed by atoms with E-state index in [1.54, 1.807) is 37.3 Å². The first-order valence-electron chi connectivity index (χ1n) is 7.23. The van der Waals surface area contributed by atoms with Crippen molar-refractivity contribution in [3.05, 3.63) is 35.9 Å². The van der Waals surface area contributed by atoms with Crippen LogP contribution in [-0.2, 0) is 23.7 Å². The van der Waals surface area contributed by atoms with Crippen molar-refractivity contribution < 1.29 is 33.6 Å². The van der Waals surface area contributed by atoms with E-state index < -0.39 is 42.6 Å². The molecular weight excluding hydrogens is 304 g/mol. The number of methoxy groups -OCH3 is 1. The molecule has 23 heavy (non-hydrogen) atoms. The highest BCUT2D eigenvalue weighted by molar-refractivity contribution is 5.89. The van der Waals surface area contributed by atoms with Gasteiger partial charge < -0.3 is 24.1 Å². The molecule has 126 valence electrons. The number of aliphatic hydroxyl groups excluding tert-OH is 1. The smallest absolute Gasteiger partial charge is 0.338 e. The molecule has 1 saturated heterocycles. The van der Waals surface area contributed by atoms with Crippen LogP contribution in [0.4, 0.5) is 0 Å². The van der Waals surface area contributed by atoms with Crippen molar-refractivity contribution >= 4 is 11.9 Å². The molecule has 1 N–H and O–H groups in total. The SMILES string of the molecule is CO[C@@H]1[C@@H](OC(C)=O)[C@@H](O)O[C@H](C)[C@H]1OC(=O)c1ccccc1. The maximum Gasteiger partial charge on any atom is 0.338 e. The number of hydrogen-bond acceptors (Lipinski definition) is 7. The van der Waals surface area contributed by atoms with Crippen molar-refractivity contribution in [2.45, 2.75) is 44.6 Å². The van der Waals surface area contributed by atoms with Crippen LogP contribution in [0, 0.1) is 0 Å². The number of ether oxygens (including phenoxy) is 4. The predicted octanol–water partition coefficient (Wildman–Crippen LogP) is 0.896. The molecule has 0 aromatic heterocycles. The molecule has 1 aliphatic heterocycles. The molecule has 7 nitrogen and oxygen atoms in total. The van der Waals surface area contributed by atoms with E-state index in [1.807, 2.05) is 0 Å². The normalized spacial score (nSPS) is 30.5. The molecule has 0 spiro atoms. The lowest BCUT2D eigenvalue weighted by atomic mass is 9.99. The van der Waals surface area contributed by atoms with E-state index in [-0.39, 0.29) is 0 Å². The monoisotopic (exact) mass is 324 g/mol. The van der Waals surface area contributed by atoms with Gasteiger partial charge in [0.25, 0.3) is 0 Å². The summed E-state index contributed by atoms with van der Waals surface area (Å²) in [5.41, 5.74) is 0.379. The Balaban J connectivity index is 2.17. The molecule has 1 heterocycles. The van der Waals surface area contributed by atoms with Gasteiger partial charge in [-0.1, -0.05) is 18.2 Å². The largest absolute Gasteiger partial charge is 0.454 e. The fourth-order valence-corrected chi connectivity index (χ4v) is 2.51. The number of hydrogen-bond donors (Lipinski definition) is 1. The number of rotatable bonds is 4. The number of carbonyl (C=O) groups excluding carboxylic acids is 2. The molecule has 0 amide bonds. The van der Waals surface area contributed by atoms with Gasteiger partial charge in [0.05, 0.1) is 11.7 Å². The van der Waals surface area contributed by atoms with Crippen molar-refractivity contribution in [1.29, 1.82) is 0 Å². The maximum atomic E-state index is 12.2. The van der Waals surface area contributed by atoms with E-state index in [0.717, 1.165) is 0 Å². The van der Waals surface area contributed by atoms with Crippen LogP contribution in [0.3, 0.4) is 0 Å². The fourth-order valence-electron chi connectivity index (χ4n) is 2.51. The second-order valence-corrected chi connectivity index (χ2v) is 5.24. The number of aliphatic hydroxyl groups is 1. The van der Waals surface area contributed by atoms with Crippen LogP contribution in [0.2, 0.25) is 0 Å². The molecule has 0 radical (unpaired) electrons. The Bertz CT molecular complexity index is 545. The third kappa shape index (κ3) is 4.07. The van der Waals surface area contributed by atoms with Crippen LogP contribution in [0.1, 0.15) is 24.2 Å². The molecular formula is C16H20O7. The highest BCUT2D eigenvalue weighted by Crippen LogP contribution is 2.27. The van der Waals surface area contributed by atoms with Crippen LogP contribution in [0.15, 0.2) is 30.3 Å². The molecule has 0 saturated carbocycles. The summed E-state index contributed by atoms with van der Waals surface area (Å²) < 4.78 is 21.1. The second-order valence-electron chi connectivity index (χ2n) is 5.24. The van der Waals surface area contributed by atoms with E-state index in [4.69, 9.17) is 18.9 Å². The van der Waals surface area contributed by atoms with Crippen LogP contribution in [0.25, 0.3) is 0 Å². The molecule has 1 fully saturated rings. The molecule has 1 aliphatic rings. The van der Waals surface area contributed by atoms with Crippen LogP contribution >= 0.6 is 0 Å². The fraction of sp³-hybridized carbons (Fsp3) is 0.500. The summed E-state index contributed by atoms with van der Waals surface area (Å²) in [4.78, 5) is 23.4. The van der Waals surface area contributed by atoms with Crippen molar-refractivity contribution in [1.82, 2.24) is 0 Å². The van der Waals surface area contributed by atoms with Gasteiger partial charge in [-0.15, -0.1) is 0 Å². The molecule has 0 aliphatic carbocycles. The van der Waals surface area contributed by atoms with Crippen molar-refractivity contribution in [2.24, 2.45) is 0 Å². The first-order chi connectivity index (χ1) is 10.9. The second kappa shape index (κ2) is 7.54. The summed E-state index contributed by atoms with van der Waals surface area (Å²) in [5.74, 6) is -1.14. The van der Waals surface area contributed by atoms with E-state index in [1.165, 1.54) is 14.0 Å². The zero-order chi connectivity index (χ0) is 17.0. The van der Waals surface area contributed by atoms with Crippen LogP contribution < -0.4 is 0 Å². The zero-order valence-electron chi connectivity index (χ0n) is 13.2. The highest BCUT2D eigenvalue weighted by atomic mass is 16.7. The van der Waals surface area contributed by atoms with Gasteiger partial charge >= 0.3 is 11.9 Å². The Hall–Kier alpha value is -1.96. The summed E-state index contributed by atoms with van der Waals surface area (Å²) in [6.45, 7) is 2.85. The van der Waals surface area contributed by atoms with Gasteiger partial charge in [0, 0.05) is 14.0 Å². The summed E-state index contributed by atoms with van der Waals surface area (Å²) >= 11 is 0. The highest BCUT2D eigenvalue weighted by Gasteiger charge is 2.48. The Morgan fingerprint density at radius 3 is 2.30 bits per heavy atom. The van der Waals surface area contributed by atoms with Crippen molar-refractivity contribution in [3.63, 3.8) is 0 Å². The van der Waals surface area contributed by atoms with Crippen LogP contribution in [-0.4, -0.2) is 54.9 Å². The van der Waals surface area contributed by atoms with Gasteiger partial charge in [0.2, 0.25) is 0 Å². The standard InChI is InChI=1S/C16H20O7/c1-9-12(23-15(18)11-7-5-4-6-8-11)13(20-3)14(16(19)21-9)22-10(2)17/h4-9,12-14,16,19H,1-3H3/t9-,12-,13+,14-,16+/m1/s1. The summed E-state index contributed by atoms with van der Waals surface area (Å²) in [6.07, 6.45) is -4.74. The zero-order valence-corrected chi connectivity index (χ0v) is 13.2. The predicted molar refractivity (Wildman–Crippen MR) is 78.6 cm³/mol. The first-order valence-corrected chi connectivity index (χ1v) is 7.23. The van der Waals surface area contributed by atoms with E-state index in [9.17, 15) is 14.7 Å². The van der Waals surface area contributed by atoms with Gasteiger partial charge in [-0.05, 0) is 19.1 Å². The molecule has 0 unspecified atom stereocenters. The number of esters is 2. The van der Waals surface area contributed by atoms with Gasteiger partial charge in [0.15, 0.2) is 18.5 Å². The first kappa shape index (κ1) is 17.4. The molecule has 2 rings (SSSR count). The maximum absolute atomic E-state index is 12.2. The topological polar surface area (TPSA) is 91.3 Å². The minimum absolute atomic E-state index is 0.379. The number of benzene rings is 1. The third-order valence-corrected chi connectivity index (χ3v) is 3.57. The third-order valence-electron chi connectivity index (χ3n) is 3.57. The van der Waals surface area contributed by atoms with E-state index >= 15 is 0 Å². The van der Waals surface area contributed by atoms with Crippen molar-refractivity contribution in [3.8, 4) is 0 Å². The minimum Gasteiger partial charge on any atom is -0.454 e. The molecule has 0 bridgehead atoms. The number of carbonyl (C=O) groups is 2. The molecule has 1 aromatic rings. The quantitative estimate of drug-likeness (QED) is 0.823. The van der Waals surface area contributed by atoms with Gasteiger partial charge in [-0.2, -0.15) is 0 Å². The minimum atomic E-state index is -1.36. The average molecular weight is 324 g/mol. The molecule has 1 aromatic carbocycles. The lowest BCUT2D eigenvalue weighted by Crippen LogP contribution is -2.59. The lowest BCUT2D eigenvalue weighted by molar-refractivity contribution is -0.285. The van der Waals surface area contributed by atoms with Gasteiger partial charge in [0.1, 0.15) is 6.10 Å². The summed E-state index contributed by atoms with van der Waals surface area (Å²) in [5, 5.41) is 9.94. The van der Waals surface area contributed by atoms with Crippen molar-refractivity contribution in [2.75, 3.05) is 7.11 Å². The summed E-state index contributed by atoms with van der Waals surface area (Å²) in [7, 11) is 1.38. The average Bonchev–Trinajstić information content (AvgIpc) is 2.52. The Morgan fingerprint density at radius 1 is 1.09 bits per heavy atom. The Morgan fingerprint density at radius 2 is 1.74 bits per heavy atom. The summed E-state index contributed by atoms with van der Waals surface area (Å²) in [6, 6.07) is 8.47.